The summed E-state index contributed by atoms with van der Waals surface area (Å²) >= 11 is 0. The van der Waals surface area contributed by atoms with Gasteiger partial charge in [0.1, 0.15) is 11.4 Å². The molecule has 8 heteroatoms. The number of aryl methyl sites for hydroxylation is 1. The second-order valence-electron chi connectivity index (χ2n) is 7.64. The molecule has 0 saturated heterocycles. The first-order valence-electron chi connectivity index (χ1n) is 8.77. The number of imidazole rings is 1. The number of nitrogens with one attached hydrogen (secondary N) is 2. The first kappa shape index (κ1) is 19.3. The molecule has 1 aliphatic carbocycles. The van der Waals surface area contributed by atoms with Crippen molar-refractivity contribution < 1.29 is 22.7 Å². The van der Waals surface area contributed by atoms with Crippen molar-refractivity contribution in [2.45, 2.75) is 57.9 Å². The average molecular weight is 381 g/mol. The molecule has 1 heterocycles. The van der Waals surface area contributed by atoms with Gasteiger partial charge in [-0.05, 0) is 39.7 Å². The third kappa shape index (κ3) is 4.61. The molecule has 0 aliphatic heterocycles. The summed E-state index contributed by atoms with van der Waals surface area (Å²) in [6.45, 7) is 5.35. The maximum atomic E-state index is 13.3. The molecule has 0 radical (unpaired) electrons. The van der Waals surface area contributed by atoms with Gasteiger partial charge in [0.25, 0.3) is 0 Å². The molecule has 1 amide bonds. The van der Waals surface area contributed by atoms with Crippen molar-refractivity contribution in [3.63, 3.8) is 0 Å². The van der Waals surface area contributed by atoms with Crippen molar-refractivity contribution in [3.05, 3.63) is 41.2 Å². The molecule has 1 unspecified atom stereocenters. The van der Waals surface area contributed by atoms with Gasteiger partial charge in [-0.3, -0.25) is 0 Å². The lowest BCUT2D eigenvalue weighted by atomic mass is 9.96. The highest BCUT2D eigenvalue weighted by Gasteiger charge is 2.34. The van der Waals surface area contributed by atoms with E-state index in [9.17, 15) is 18.0 Å². The first-order valence-corrected chi connectivity index (χ1v) is 8.77. The van der Waals surface area contributed by atoms with Gasteiger partial charge in [0.15, 0.2) is 0 Å². The fourth-order valence-corrected chi connectivity index (χ4v) is 3.14. The summed E-state index contributed by atoms with van der Waals surface area (Å²) in [6.07, 6.45) is -3.27. The van der Waals surface area contributed by atoms with Gasteiger partial charge in [0.05, 0.1) is 11.3 Å². The number of rotatable bonds is 2. The van der Waals surface area contributed by atoms with Gasteiger partial charge >= 0.3 is 12.3 Å². The molecule has 1 aromatic carbocycles. The molecule has 27 heavy (non-hydrogen) atoms. The number of carbonyl (C=O) groups excluding carboxylic acids is 1. The van der Waals surface area contributed by atoms with Crippen molar-refractivity contribution >= 4 is 6.09 Å². The molecule has 2 aromatic rings. The van der Waals surface area contributed by atoms with Gasteiger partial charge in [0, 0.05) is 23.7 Å². The molecule has 0 spiro atoms. The summed E-state index contributed by atoms with van der Waals surface area (Å²) in [4.78, 5) is 19.3. The fourth-order valence-electron chi connectivity index (χ4n) is 3.14. The summed E-state index contributed by atoms with van der Waals surface area (Å²) in [5.41, 5.74) is 0.195. The number of hydrogen-bond donors (Lipinski definition) is 2. The number of benzene rings is 1. The van der Waals surface area contributed by atoms with E-state index in [1.54, 1.807) is 26.8 Å². The van der Waals surface area contributed by atoms with Gasteiger partial charge in [-0.2, -0.15) is 13.2 Å². The van der Waals surface area contributed by atoms with E-state index < -0.39 is 23.4 Å². The number of ether oxygens (including phenoxy) is 1. The van der Waals surface area contributed by atoms with Crippen LogP contribution in [0.1, 0.15) is 44.1 Å². The molecule has 146 valence electrons. The maximum absolute atomic E-state index is 13.3. The molecular formula is C19H22F3N3O2. The second kappa shape index (κ2) is 6.90. The molecule has 1 atom stereocenters. The van der Waals surface area contributed by atoms with E-state index in [0.717, 1.165) is 17.5 Å². The van der Waals surface area contributed by atoms with Crippen molar-refractivity contribution in [1.29, 1.82) is 0 Å². The third-order valence-corrected chi connectivity index (χ3v) is 4.25. The van der Waals surface area contributed by atoms with Crippen LogP contribution in [0.2, 0.25) is 0 Å². The van der Waals surface area contributed by atoms with Crippen LogP contribution in [-0.2, 0) is 23.8 Å². The Bertz CT molecular complexity index is 837. The van der Waals surface area contributed by atoms with Gasteiger partial charge in [-0.15, -0.1) is 0 Å². The standard InChI is InChI=1S/C19H22F3N3O2/c1-18(2,3)27-17(26)23-11-8-9-14-15(10-11)25-16(24-14)12-6-4-5-7-13(12)19(20,21)22/h4-7,11H,8-10H2,1-3H3,(H,23,26)(H,24,25). The van der Waals surface area contributed by atoms with Gasteiger partial charge in [-0.25, -0.2) is 9.78 Å². The smallest absolute Gasteiger partial charge is 0.417 e. The van der Waals surface area contributed by atoms with Crippen LogP contribution in [-0.4, -0.2) is 27.7 Å². The zero-order valence-electron chi connectivity index (χ0n) is 15.4. The highest BCUT2D eigenvalue weighted by atomic mass is 19.4. The highest BCUT2D eigenvalue weighted by Crippen LogP contribution is 2.36. The number of H-pyrrole nitrogens is 1. The third-order valence-electron chi connectivity index (χ3n) is 4.25. The van der Waals surface area contributed by atoms with Crippen LogP contribution in [0.5, 0.6) is 0 Å². The van der Waals surface area contributed by atoms with Crippen molar-refractivity contribution in [3.8, 4) is 11.4 Å². The van der Waals surface area contributed by atoms with E-state index in [1.165, 1.54) is 12.1 Å². The average Bonchev–Trinajstić information content (AvgIpc) is 2.95. The van der Waals surface area contributed by atoms with Crippen LogP contribution in [0.25, 0.3) is 11.4 Å². The lowest BCUT2D eigenvalue weighted by Crippen LogP contribution is -2.41. The molecule has 0 fully saturated rings. The second-order valence-corrected chi connectivity index (χ2v) is 7.64. The largest absolute Gasteiger partial charge is 0.444 e. The SMILES string of the molecule is CC(C)(C)OC(=O)NC1CCc2nc(-c3ccccc3C(F)(F)F)[nH]c2C1. The molecule has 1 aromatic heterocycles. The number of hydrogen-bond acceptors (Lipinski definition) is 3. The number of alkyl carbamates (subject to hydrolysis) is 1. The fraction of sp³-hybridized carbons (Fsp3) is 0.474. The highest BCUT2D eigenvalue weighted by molar-refractivity contribution is 5.68. The van der Waals surface area contributed by atoms with Crippen LogP contribution in [0.15, 0.2) is 24.3 Å². The quantitative estimate of drug-likeness (QED) is 0.806. The van der Waals surface area contributed by atoms with Crippen LogP contribution >= 0.6 is 0 Å². The first-order chi connectivity index (χ1) is 12.5. The summed E-state index contributed by atoms with van der Waals surface area (Å²) < 4.78 is 45.0. The normalized spacial score (nSPS) is 17.3. The Morgan fingerprint density at radius 3 is 2.63 bits per heavy atom. The molecule has 0 bridgehead atoms. The lowest BCUT2D eigenvalue weighted by molar-refractivity contribution is -0.137. The number of halogens is 3. The van der Waals surface area contributed by atoms with Crippen molar-refractivity contribution in [2.75, 3.05) is 0 Å². The Morgan fingerprint density at radius 2 is 1.96 bits per heavy atom. The van der Waals surface area contributed by atoms with E-state index >= 15 is 0 Å². The number of amides is 1. The van der Waals surface area contributed by atoms with Crippen LogP contribution in [0, 0.1) is 0 Å². The Morgan fingerprint density at radius 1 is 1.26 bits per heavy atom. The number of nitrogens with zero attached hydrogens (tertiary/aromatic N) is 1. The molecule has 3 rings (SSSR count). The minimum Gasteiger partial charge on any atom is -0.444 e. The number of aromatic nitrogens is 2. The van der Waals surface area contributed by atoms with E-state index in [-0.39, 0.29) is 17.4 Å². The monoisotopic (exact) mass is 381 g/mol. The summed E-state index contributed by atoms with van der Waals surface area (Å²) in [5.74, 6) is 0.200. The lowest BCUT2D eigenvalue weighted by Gasteiger charge is -2.25. The van der Waals surface area contributed by atoms with Crippen LogP contribution in [0.4, 0.5) is 18.0 Å². The Balaban J connectivity index is 1.78. The van der Waals surface area contributed by atoms with Crippen LogP contribution in [0.3, 0.4) is 0 Å². The molecule has 0 saturated carbocycles. The Labute approximate surface area is 155 Å². The van der Waals surface area contributed by atoms with Crippen LogP contribution < -0.4 is 5.32 Å². The summed E-state index contributed by atoms with van der Waals surface area (Å²) in [6, 6.07) is 5.21. The number of fused-ring (bicyclic) bond motifs is 1. The van der Waals surface area contributed by atoms with Crippen molar-refractivity contribution in [1.82, 2.24) is 15.3 Å². The maximum Gasteiger partial charge on any atom is 0.417 e. The molecule has 2 N–H and O–H groups in total. The Hall–Kier alpha value is -2.51. The van der Waals surface area contributed by atoms with E-state index in [2.05, 4.69) is 15.3 Å². The van der Waals surface area contributed by atoms with Gasteiger partial charge in [0.2, 0.25) is 0 Å². The predicted molar refractivity (Wildman–Crippen MR) is 94.2 cm³/mol. The summed E-state index contributed by atoms with van der Waals surface area (Å²) in [5, 5.41) is 2.81. The topological polar surface area (TPSA) is 67.0 Å². The zero-order chi connectivity index (χ0) is 19.8. The van der Waals surface area contributed by atoms with E-state index in [4.69, 9.17) is 4.74 Å². The van der Waals surface area contributed by atoms with E-state index in [1.807, 2.05) is 0 Å². The van der Waals surface area contributed by atoms with Gasteiger partial charge < -0.3 is 15.0 Å². The summed E-state index contributed by atoms with van der Waals surface area (Å²) in [7, 11) is 0. The minimum atomic E-state index is -4.45. The Kier molecular flexibility index (Phi) is 4.92. The van der Waals surface area contributed by atoms with E-state index in [0.29, 0.717) is 19.3 Å². The molecule has 5 nitrogen and oxygen atoms in total. The zero-order valence-corrected chi connectivity index (χ0v) is 15.4. The van der Waals surface area contributed by atoms with Crippen molar-refractivity contribution in [2.24, 2.45) is 0 Å². The minimum absolute atomic E-state index is 0.0241. The number of alkyl halides is 3. The molecule has 1 aliphatic rings. The number of carbonyl (C=O) groups is 1. The number of aromatic amines is 1. The van der Waals surface area contributed by atoms with Gasteiger partial charge in [-0.1, -0.05) is 18.2 Å². The molecular weight excluding hydrogens is 359 g/mol. The predicted octanol–water partition coefficient (Wildman–Crippen LogP) is 4.48.